The number of nitrogens with two attached hydrogens (primary N) is 1. The van der Waals surface area contributed by atoms with E-state index < -0.39 is 5.67 Å². The van der Waals surface area contributed by atoms with Gasteiger partial charge in [0.2, 0.25) is 0 Å². The number of hydrogen-bond acceptors (Lipinski definition) is 1. The molecule has 2 atom stereocenters. The fraction of sp³-hybridized carbons (Fsp3) is 0.440. The largest absolute Gasteiger partial charge is 0.405 e. The second-order valence-electron chi connectivity index (χ2n) is 8.57. The highest BCUT2D eigenvalue weighted by atomic mass is 19.1. The zero-order valence-corrected chi connectivity index (χ0v) is 17.3. The van der Waals surface area contributed by atoms with E-state index in [-0.39, 0.29) is 5.92 Å². The lowest BCUT2D eigenvalue weighted by Gasteiger charge is -2.21. The molecule has 0 spiro atoms. The van der Waals surface area contributed by atoms with E-state index in [1.54, 1.807) is 13.1 Å². The fourth-order valence-corrected chi connectivity index (χ4v) is 4.48. The first kappa shape index (κ1) is 19.7. The average molecular weight is 366 g/mol. The van der Waals surface area contributed by atoms with E-state index in [0.717, 1.165) is 17.5 Å². The van der Waals surface area contributed by atoms with Gasteiger partial charge in [0.05, 0.1) is 0 Å². The third-order valence-electron chi connectivity index (χ3n) is 5.84. The lowest BCUT2D eigenvalue weighted by atomic mass is 9.83. The van der Waals surface area contributed by atoms with Crippen molar-refractivity contribution in [1.29, 1.82) is 0 Å². The Morgan fingerprint density at radius 2 is 1.70 bits per heavy atom. The topological polar surface area (TPSA) is 26.0 Å². The molecule has 0 radical (unpaired) electrons. The SMILES string of the molecule is CCc1c(C(C)C)cc(-c2ccc3c(c2)CC(C)(F)C3)cc1C(C)/C=C/N. The first-order chi connectivity index (χ1) is 12.8. The van der Waals surface area contributed by atoms with Gasteiger partial charge in [-0.05, 0) is 64.4 Å². The molecule has 2 N–H and O–H groups in total. The summed E-state index contributed by atoms with van der Waals surface area (Å²) in [4.78, 5) is 0. The predicted molar refractivity (Wildman–Crippen MR) is 114 cm³/mol. The molecule has 0 bridgehead atoms. The predicted octanol–water partition coefficient (Wildman–Crippen LogP) is 6.44. The number of allylic oxidation sites excluding steroid dienone is 1. The summed E-state index contributed by atoms with van der Waals surface area (Å²) in [6.07, 6.45) is 5.75. The lowest BCUT2D eigenvalue weighted by molar-refractivity contribution is 0.205. The molecule has 144 valence electrons. The monoisotopic (exact) mass is 365 g/mol. The van der Waals surface area contributed by atoms with Crippen LogP contribution in [0.4, 0.5) is 4.39 Å². The van der Waals surface area contributed by atoms with Gasteiger partial charge in [0.1, 0.15) is 5.67 Å². The van der Waals surface area contributed by atoms with Crippen molar-refractivity contribution in [2.75, 3.05) is 0 Å². The normalized spacial score (nSPS) is 20.4. The summed E-state index contributed by atoms with van der Waals surface area (Å²) in [5, 5.41) is 0. The Morgan fingerprint density at radius 1 is 1.04 bits per heavy atom. The molecule has 0 saturated carbocycles. The molecule has 1 aliphatic rings. The van der Waals surface area contributed by atoms with Crippen molar-refractivity contribution in [3.8, 4) is 11.1 Å². The Bertz CT molecular complexity index is 861. The standard InChI is InChI=1S/C25H32FN/c1-6-22-23(16(2)3)12-20(13-24(22)17(4)9-10-27)18-7-8-19-14-25(5,26)15-21(19)11-18/h7-13,16-17H,6,14-15,27H2,1-5H3/b10-9+. The molecule has 0 aliphatic heterocycles. The Morgan fingerprint density at radius 3 is 2.33 bits per heavy atom. The maximum absolute atomic E-state index is 14.4. The van der Waals surface area contributed by atoms with Gasteiger partial charge in [0.25, 0.3) is 0 Å². The van der Waals surface area contributed by atoms with Crippen LogP contribution in [-0.2, 0) is 19.3 Å². The number of hydrogen-bond donors (Lipinski definition) is 1. The molecule has 0 amide bonds. The van der Waals surface area contributed by atoms with Crippen molar-refractivity contribution in [2.24, 2.45) is 5.73 Å². The molecular weight excluding hydrogens is 333 g/mol. The van der Waals surface area contributed by atoms with Gasteiger partial charge in [-0.3, -0.25) is 0 Å². The highest BCUT2D eigenvalue weighted by Crippen LogP contribution is 2.38. The summed E-state index contributed by atoms with van der Waals surface area (Å²) in [7, 11) is 0. The molecule has 0 heterocycles. The summed E-state index contributed by atoms with van der Waals surface area (Å²) in [6, 6.07) is 11.1. The molecule has 2 aromatic carbocycles. The van der Waals surface area contributed by atoms with Crippen LogP contribution in [0.5, 0.6) is 0 Å². The minimum atomic E-state index is -1.11. The Kier molecular flexibility index (Phi) is 5.46. The summed E-state index contributed by atoms with van der Waals surface area (Å²) in [5.41, 5.74) is 13.4. The van der Waals surface area contributed by atoms with E-state index >= 15 is 0 Å². The molecule has 0 fully saturated rings. The highest BCUT2D eigenvalue weighted by Gasteiger charge is 2.32. The average Bonchev–Trinajstić information content (AvgIpc) is 2.93. The molecular formula is C25H32FN. The second kappa shape index (κ2) is 7.50. The summed E-state index contributed by atoms with van der Waals surface area (Å²) in [6.45, 7) is 10.6. The van der Waals surface area contributed by atoms with Crippen LogP contribution in [0.25, 0.3) is 11.1 Å². The zero-order chi connectivity index (χ0) is 19.8. The van der Waals surface area contributed by atoms with E-state index in [0.29, 0.717) is 18.8 Å². The van der Waals surface area contributed by atoms with Crippen LogP contribution in [0.3, 0.4) is 0 Å². The van der Waals surface area contributed by atoms with Crippen molar-refractivity contribution in [3.05, 3.63) is 70.4 Å². The molecule has 3 rings (SSSR count). The number of alkyl halides is 1. The lowest BCUT2D eigenvalue weighted by Crippen LogP contribution is -2.16. The van der Waals surface area contributed by atoms with E-state index in [1.807, 2.05) is 0 Å². The first-order valence-corrected chi connectivity index (χ1v) is 10.1. The molecule has 2 aromatic rings. The van der Waals surface area contributed by atoms with Gasteiger partial charge in [-0.15, -0.1) is 0 Å². The minimum absolute atomic E-state index is 0.269. The zero-order valence-electron chi connectivity index (χ0n) is 17.3. The number of benzene rings is 2. The van der Waals surface area contributed by atoms with Crippen LogP contribution < -0.4 is 5.73 Å². The van der Waals surface area contributed by atoms with Crippen LogP contribution in [0.2, 0.25) is 0 Å². The Balaban J connectivity index is 2.14. The smallest absolute Gasteiger partial charge is 0.116 e. The maximum atomic E-state index is 14.4. The van der Waals surface area contributed by atoms with Crippen molar-refractivity contribution >= 4 is 0 Å². The second-order valence-corrected chi connectivity index (χ2v) is 8.57. The Labute approximate surface area is 163 Å². The third-order valence-corrected chi connectivity index (χ3v) is 5.84. The quantitative estimate of drug-likeness (QED) is 0.648. The molecule has 27 heavy (non-hydrogen) atoms. The van der Waals surface area contributed by atoms with Crippen LogP contribution in [0, 0.1) is 0 Å². The first-order valence-electron chi connectivity index (χ1n) is 10.1. The van der Waals surface area contributed by atoms with Crippen molar-refractivity contribution in [1.82, 2.24) is 0 Å². The Hall–Kier alpha value is -2.09. The van der Waals surface area contributed by atoms with Gasteiger partial charge in [-0.2, -0.15) is 0 Å². The van der Waals surface area contributed by atoms with Crippen LogP contribution in [0.1, 0.15) is 74.3 Å². The third kappa shape index (κ3) is 3.95. The molecule has 1 nitrogen and oxygen atoms in total. The minimum Gasteiger partial charge on any atom is -0.405 e. The maximum Gasteiger partial charge on any atom is 0.116 e. The van der Waals surface area contributed by atoms with Crippen molar-refractivity contribution in [2.45, 2.75) is 71.4 Å². The number of rotatable bonds is 5. The van der Waals surface area contributed by atoms with Crippen LogP contribution in [-0.4, -0.2) is 5.67 Å². The molecule has 1 aliphatic carbocycles. The van der Waals surface area contributed by atoms with Gasteiger partial charge in [0.15, 0.2) is 0 Å². The van der Waals surface area contributed by atoms with Gasteiger partial charge in [-0.1, -0.05) is 64.1 Å². The van der Waals surface area contributed by atoms with E-state index in [1.165, 1.54) is 27.8 Å². The van der Waals surface area contributed by atoms with E-state index in [9.17, 15) is 4.39 Å². The number of fused-ring (bicyclic) bond motifs is 1. The van der Waals surface area contributed by atoms with Crippen LogP contribution in [0.15, 0.2) is 42.6 Å². The summed E-state index contributed by atoms with van der Waals surface area (Å²) in [5.74, 6) is 0.724. The summed E-state index contributed by atoms with van der Waals surface area (Å²) < 4.78 is 14.4. The van der Waals surface area contributed by atoms with Crippen molar-refractivity contribution < 1.29 is 4.39 Å². The molecule has 0 saturated heterocycles. The van der Waals surface area contributed by atoms with E-state index in [2.05, 4.69) is 64.1 Å². The van der Waals surface area contributed by atoms with Crippen molar-refractivity contribution in [3.63, 3.8) is 0 Å². The van der Waals surface area contributed by atoms with Gasteiger partial charge < -0.3 is 5.73 Å². The van der Waals surface area contributed by atoms with Gasteiger partial charge >= 0.3 is 0 Å². The number of halogens is 1. The van der Waals surface area contributed by atoms with Crippen LogP contribution >= 0.6 is 0 Å². The van der Waals surface area contributed by atoms with Gasteiger partial charge in [0, 0.05) is 18.8 Å². The fourth-order valence-electron chi connectivity index (χ4n) is 4.48. The highest BCUT2D eigenvalue weighted by molar-refractivity contribution is 5.69. The molecule has 2 unspecified atom stereocenters. The van der Waals surface area contributed by atoms with Gasteiger partial charge in [-0.25, -0.2) is 4.39 Å². The summed E-state index contributed by atoms with van der Waals surface area (Å²) >= 11 is 0. The molecule has 0 aromatic heterocycles. The molecule has 2 heteroatoms. The van der Waals surface area contributed by atoms with E-state index in [4.69, 9.17) is 5.73 Å².